The van der Waals surface area contributed by atoms with Crippen molar-refractivity contribution in [2.24, 2.45) is 0 Å². The lowest BCUT2D eigenvalue weighted by Gasteiger charge is -2.09. The minimum Gasteiger partial charge on any atom is -0.430 e. The van der Waals surface area contributed by atoms with Crippen LogP contribution in [0.4, 0.5) is 5.69 Å². The van der Waals surface area contributed by atoms with Gasteiger partial charge in [0.25, 0.3) is 11.1 Å². The molecule has 0 aliphatic carbocycles. The summed E-state index contributed by atoms with van der Waals surface area (Å²) in [6.45, 7) is 3.94. The molecule has 0 aliphatic rings. The minimum absolute atomic E-state index is 0.189. The van der Waals surface area contributed by atoms with Crippen LogP contribution in [0.25, 0.3) is 0 Å². The van der Waals surface area contributed by atoms with Crippen molar-refractivity contribution in [3.8, 4) is 10.9 Å². The highest BCUT2D eigenvalue weighted by atomic mass is 32.1. The summed E-state index contributed by atoms with van der Waals surface area (Å²) < 4.78 is 10.3. The summed E-state index contributed by atoms with van der Waals surface area (Å²) >= 11 is 1.21. The maximum Gasteiger partial charge on any atom is 0.298 e. The van der Waals surface area contributed by atoms with Crippen LogP contribution in [0.1, 0.15) is 32.9 Å². The summed E-state index contributed by atoms with van der Waals surface area (Å²) in [5.41, 5.74) is 4.48. The zero-order valence-corrected chi connectivity index (χ0v) is 17.6. The van der Waals surface area contributed by atoms with Crippen LogP contribution >= 0.6 is 11.5 Å². The van der Waals surface area contributed by atoms with Crippen molar-refractivity contribution in [3.05, 3.63) is 101 Å². The van der Waals surface area contributed by atoms with Gasteiger partial charge in [-0.05, 0) is 49.2 Å². The molecule has 30 heavy (non-hydrogen) atoms. The number of aromatic nitrogens is 2. The third kappa shape index (κ3) is 4.90. The van der Waals surface area contributed by atoms with Crippen LogP contribution in [0.15, 0.2) is 72.8 Å². The summed E-state index contributed by atoms with van der Waals surface area (Å²) in [4.78, 5) is 17.1. The Morgan fingerprint density at radius 3 is 2.53 bits per heavy atom. The van der Waals surface area contributed by atoms with Crippen LogP contribution in [0, 0.1) is 13.8 Å². The Hall–Kier alpha value is -3.51. The number of nitrogens with one attached hydrogen (secondary N) is 1. The van der Waals surface area contributed by atoms with E-state index in [0.29, 0.717) is 28.8 Å². The Labute approximate surface area is 179 Å². The maximum atomic E-state index is 12.6. The van der Waals surface area contributed by atoms with E-state index in [0.717, 1.165) is 22.4 Å². The summed E-state index contributed by atoms with van der Waals surface area (Å²) in [6, 6.07) is 23.1. The molecule has 0 aliphatic heterocycles. The fourth-order valence-electron chi connectivity index (χ4n) is 2.92. The first kappa shape index (κ1) is 19.8. The van der Waals surface area contributed by atoms with E-state index in [9.17, 15) is 4.79 Å². The number of amides is 1. The number of ether oxygens (including phenoxy) is 1. The van der Waals surface area contributed by atoms with Gasteiger partial charge >= 0.3 is 0 Å². The van der Waals surface area contributed by atoms with Gasteiger partial charge in [0, 0.05) is 29.2 Å². The fourth-order valence-corrected chi connectivity index (χ4v) is 3.48. The third-order valence-corrected chi connectivity index (χ3v) is 5.24. The van der Waals surface area contributed by atoms with Crippen LogP contribution in [0.2, 0.25) is 0 Å². The molecule has 150 valence electrons. The molecule has 0 saturated carbocycles. The van der Waals surface area contributed by atoms with E-state index in [1.807, 2.05) is 74.5 Å². The van der Waals surface area contributed by atoms with Crippen molar-refractivity contribution >= 4 is 23.1 Å². The Balaban J connectivity index is 1.47. The van der Waals surface area contributed by atoms with Crippen molar-refractivity contribution in [1.29, 1.82) is 0 Å². The average Bonchev–Trinajstić information content (AvgIpc) is 3.19. The average molecular weight is 416 g/mol. The van der Waals surface area contributed by atoms with Gasteiger partial charge in [0.15, 0.2) is 5.82 Å². The molecule has 0 fully saturated rings. The van der Waals surface area contributed by atoms with Gasteiger partial charge in [0.1, 0.15) is 5.75 Å². The summed E-state index contributed by atoms with van der Waals surface area (Å²) in [5, 5.41) is 3.37. The first-order valence-electron chi connectivity index (χ1n) is 9.60. The summed E-state index contributed by atoms with van der Waals surface area (Å²) in [7, 11) is 0. The molecule has 4 aromatic rings. The molecule has 0 spiro atoms. The largest absolute Gasteiger partial charge is 0.430 e. The van der Waals surface area contributed by atoms with Crippen LogP contribution in [-0.4, -0.2) is 15.3 Å². The van der Waals surface area contributed by atoms with Crippen LogP contribution in [-0.2, 0) is 6.42 Å². The van der Waals surface area contributed by atoms with E-state index in [1.54, 1.807) is 12.1 Å². The van der Waals surface area contributed by atoms with E-state index in [1.165, 1.54) is 11.5 Å². The molecule has 0 bridgehead atoms. The molecule has 1 aromatic heterocycles. The SMILES string of the molecule is Cc1ccc(NC(=O)c2ccc(C)c(Oc3nc(Cc4ccccc4)ns3)c2)cc1. The van der Waals surface area contributed by atoms with Crippen molar-refractivity contribution in [2.75, 3.05) is 5.32 Å². The van der Waals surface area contributed by atoms with Crippen molar-refractivity contribution in [1.82, 2.24) is 9.36 Å². The van der Waals surface area contributed by atoms with Crippen molar-refractivity contribution in [2.45, 2.75) is 20.3 Å². The van der Waals surface area contributed by atoms with Gasteiger partial charge in [-0.1, -0.05) is 54.1 Å². The lowest BCUT2D eigenvalue weighted by atomic mass is 10.1. The number of nitrogens with zero attached hydrogens (tertiary/aromatic N) is 2. The molecule has 0 radical (unpaired) electrons. The molecule has 0 saturated heterocycles. The van der Waals surface area contributed by atoms with E-state index in [2.05, 4.69) is 14.7 Å². The second kappa shape index (κ2) is 8.88. The van der Waals surface area contributed by atoms with E-state index < -0.39 is 0 Å². The number of benzene rings is 3. The fraction of sp³-hybridized carbons (Fsp3) is 0.125. The van der Waals surface area contributed by atoms with Gasteiger partial charge in [0.05, 0.1) is 0 Å². The molecule has 1 amide bonds. The predicted octanol–water partition coefficient (Wildman–Crippen LogP) is 5.79. The number of carbonyl (C=O) groups excluding carboxylic acids is 1. The second-order valence-electron chi connectivity index (χ2n) is 7.04. The van der Waals surface area contributed by atoms with Crippen LogP contribution in [0.5, 0.6) is 10.9 Å². The zero-order chi connectivity index (χ0) is 20.9. The number of rotatable bonds is 6. The van der Waals surface area contributed by atoms with Crippen LogP contribution in [0.3, 0.4) is 0 Å². The van der Waals surface area contributed by atoms with E-state index in [-0.39, 0.29) is 5.91 Å². The predicted molar refractivity (Wildman–Crippen MR) is 120 cm³/mol. The second-order valence-corrected chi connectivity index (χ2v) is 7.76. The molecule has 1 heterocycles. The molecule has 6 heteroatoms. The lowest BCUT2D eigenvalue weighted by Crippen LogP contribution is -2.12. The highest BCUT2D eigenvalue weighted by Gasteiger charge is 2.13. The lowest BCUT2D eigenvalue weighted by molar-refractivity contribution is 0.102. The Bertz CT molecular complexity index is 1150. The zero-order valence-electron chi connectivity index (χ0n) is 16.8. The van der Waals surface area contributed by atoms with E-state index >= 15 is 0 Å². The first-order chi connectivity index (χ1) is 14.6. The van der Waals surface area contributed by atoms with E-state index in [4.69, 9.17) is 4.74 Å². The molecule has 5 nitrogen and oxygen atoms in total. The maximum absolute atomic E-state index is 12.6. The van der Waals surface area contributed by atoms with Crippen molar-refractivity contribution < 1.29 is 9.53 Å². The molecule has 0 unspecified atom stereocenters. The molecule has 0 atom stereocenters. The van der Waals surface area contributed by atoms with Gasteiger partial charge in [-0.2, -0.15) is 9.36 Å². The quantitative estimate of drug-likeness (QED) is 0.433. The monoisotopic (exact) mass is 415 g/mol. The molecule has 3 aromatic carbocycles. The normalized spacial score (nSPS) is 10.6. The molecule has 1 N–H and O–H groups in total. The first-order valence-corrected chi connectivity index (χ1v) is 10.4. The Morgan fingerprint density at radius 2 is 1.77 bits per heavy atom. The standard InChI is InChI=1S/C24H21N3O2S/c1-16-8-12-20(13-9-16)25-23(28)19-11-10-17(2)21(15-19)29-24-26-22(27-30-24)14-18-6-4-3-5-7-18/h3-13,15H,14H2,1-2H3,(H,25,28). The van der Waals surface area contributed by atoms with Gasteiger partial charge in [-0.15, -0.1) is 0 Å². The Morgan fingerprint density at radius 1 is 1.00 bits per heavy atom. The molecule has 4 rings (SSSR count). The smallest absolute Gasteiger partial charge is 0.298 e. The number of carbonyl (C=O) groups is 1. The van der Waals surface area contributed by atoms with Gasteiger partial charge < -0.3 is 10.1 Å². The van der Waals surface area contributed by atoms with Crippen molar-refractivity contribution in [3.63, 3.8) is 0 Å². The molecular formula is C24H21N3O2S. The van der Waals surface area contributed by atoms with Gasteiger partial charge in [-0.25, -0.2) is 0 Å². The topological polar surface area (TPSA) is 64.1 Å². The van der Waals surface area contributed by atoms with Crippen LogP contribution < -0.4 is 10.1 Å². The van der Waals surface area contributed by atoms with Gasteiger partial charge in [-0.3, -0.25) is 4.79 Å². The highest BCUT2D eigenvalue weighted by molar-refractivity contribution is 7.07. The Kier molecular flexibility index (Phi) is 5.86. The third-order valence-electron chi connectivity index (χ3n) is 4.61. The summed E-state index contributed by atoms with van der Waals surface area (Å²) in [5.74, 6) is 1.12. The summed E-state index contributed by atoms with van der Waals surface area (Å²) in [6.07, 6.45) is 0.651. The molecular weight excluding hydrogens is 394 g/mol. The minimum atomic E-state index is -0.189. The number of anilines is 1. The highest BCUT2D eigenvalue weighted by Crippen LogP contribution is 2.28. The number of hydrogen-bond acceptors (Lipinski definition) is 5. The number of aryl methyl sites for hydroxylation is 2. The van der Waals surface area contributed by atoms with Gasteiger partial charge in [0.2, 0.25) is 0 Å². The number of hydrogen-bond donors (Lipinski definition) is 1.